The molecule has 0 amide bonds. The maximum atomic E-state index is 12.2. The second-order valence-corrected chi connectivity index (χ2v) is 9.02. The minimum absolute atomic E-state index is 0.212. The number of para-hydroxylation sites is 1. The fraction of sp³-hybridized carbons (Fsp3) is 0.556. The quantitative estimate of drug-likeness (QED) is 0.831. The van der Waals surface area contributed by atoms with Crippen LogP contribution < -0.4 is 5.69 Å². The van der Waals surface area contributed by atoms with E-state index in [-0.39, 0.29) is 11.4 Å². The van der Waals surface area contributed by atoms with Gasteiger partial charge in [0.1, 0.15) is 5.82 Å². The van der Waals surface area contributed by atoms with Gasteiger partial charge >= 0.3 is 5.69 Å². The molecule has 1 aromatic carbocycles. The maximum absolute atomic E-state index is 12.2. The number of aryl methyl sites for hydroxylation is 1. The normalized spacial score (nSPS) is 16.8. The molecule has 3 rings (SSSR count). The highest BCUT2D eigenvalue weighted by molar-refractivity contribution is 7.89. The molecule has 1 aliphatic rings. The number of aromatic amines is 1. The van der Waals surface area contributed by atoms with Crippen LogP contribution in [0.2, 0.25) is 0 Å². The highest BCUT2D eigenvalue weighted by Gasteiger charge is 2.28. The van der Waals surface area contributed by atoms with Gasteiger partial charge < -0.3 is 0 Å². The highest BCUT2D eigenvalue weighted by atomic mass is 32.2. The number of piperidine rings is 1. The third kappa shape index (κ3) is 3.91. The lowest BCUT2D eigenvalue weighted by Gasteiger charge is -2.31. The van der Waals surface area contributed by atoms with Crippen molar-refractivity contribution in [3.8, 4) is 5.69 Å². The first-order valence-electron chi connectivity index (χ1n) is 9.12. The molecular weight excluding hydrogens is 352 g/mol. The van der Waals surface area contributed by atoms with Gasteiger partial charge in [0, 0.05) is 19.5 Å². The van der Waals surface area contributed by atoms with Crippen molar-refractivity contribution in [1.29, 1.82) is 0 Å². The van der Waals surface area contributed by atoms with Crippen LogP contribution in [0, 0.1) is 12.8 Å². The summed E-state index contributed by atoms with van der Waals surface area (Å²) in [5.74, 6) is 1.24. The molecule has 0 atom stereocenters. The molecule has 0 aliphatic carbocycles. The second-order valence-electron chi connectivity index (χ2n) is 6.93. The summed E-state index contributed by atoms with van der Waals surface area (Å²) >= 11 is 0. The van der Waals surface area contributed by atoms with Gasteiger partial charge in [-0.2, -0.15) is 5.10 Å². The van der Waals surface area contributed by atoms with E-state index in [4.69, 9.17) is 0 Å². The Labute approximate surface area is 154 Å². The van der Waals surface area contributed by atoms with Crippen molar-refractivity contribution in [2.75, 3.05) is 18.8 Å². The standard InChI is InChI=1S/C18H26N4O3S/c1-3-12-26(24,25)21-10-8-15(9-11-21)13-17-19-20-18(23)22(17)16-7-5-4-6-14(16)2/h4-7,15H,3,8-13H2,1-2H3,(H,20,23). The number of nitrogens with one attached hydrogen (secondary N) is 1. The Bertz CT molecular complexity index is 909. The number of hydrogen-bond acceptors (Lipinski definition) is 4. The lowest BCUT2D eigenvalue weighted by Crippen LogP contribution is -2.40. The molecule has 1 aromatic heterocycles. The Morgan fingerprint density at radius 3 is 2.58 bits per heavy atom. The van der Waals surface area contributed by atoms with Crippen LogP contribution in [0.25, 0.3) is 5.69 Å². The van der Waals surface area contributed by atoms with Gasteiger partial charge in [-0.25, -0.2) is 27.2 Å². The number of hydrogen-bond donors (Lipinski definition) is 1. The first-order chi connectivity index (χ1) is 12.4. The van der Waals surface area contributed by atoms with E-state index in [1.165, 1.54) is 0 Å². The number of benzene rings is 1. The van der Waals surface area contributed by atoms with Crippen molar-refractivity contribution >= 4 is 10.0 Å². The lowest BCUT2D eigenvalue weighted by atomic mass is 9.94. The Morgan fingerprint density at radius 1 is 1.23 bits per heavy atom. The summed E-state index contributed by atoms with van der Waals surface area (Å²) in [6.45, 7) is 4.94. The van der Waals surface area contributed by atoms with E-state index in [2.05, 4.69) is 10.2 Å². The van der Waals surface area contributed by atoms with Crippen molar-refractivity contribution < 1.29 is 8.42 Å². The van der Waals surface area contributed by atoms with E-state index in [0.717, 1.165) is 24.1 Å². The molecule has 2 heterocycles. The van der Waals surface area contributed by atoms with E-state index in [9.17, 15) is 13.2 Å². The summed E-state index contributed by atoms with van der Waals surface area (Å²) in [6.07, 6.45) is 2.88. The van der Waals surface area contributed by atoms with Crippen LogP contribution in [0.1, 0.15) is 37.6 Å². The van der Waals surface area contributed by atoms with Gasteiger partial charge in [-0.05, 0) is 43.7 Å². The molecule has 1 saturated heterocycles. The van der Waals surface area contributed by atoms with Crippen LogP contribution in [0.5, 0.6) is 0 Å². The Morgan fingerprint density at radius 2 is 1.92 bits per heavy atom. The van der Waals surface area contributed by atoms with E-state index in [1.807, 2.05) is 38.1 Å². The fourth-order valence-electron chi connectivity index (χ4n) is 3.57. The van der Waals surface area contributed by atoms with E-state index in [1.54, 1.807) is 8.87 Å². The summed E-state index contributed by atoms with van der Waals surface area (Å²) in [7, 11) is -3.13. The smallest absolute Gasteiger partial charge is 0.247 e. The van der Waals surface area contributed by atoms with Crippen LogP contribution in [-0.4, -0.2) is 46.3 Å². The molecule has 2 aromatic rings. The molecule has 142 valence electrons. The molecule has 0 bridgehead atoms. The number of H-pyrrole nitrogens is 1. The molecule has 1 fully saturated rings. The van der Waals surface area contributed by atoms with Crippen molar-refractivity contribution in [1.82, 2.24) is 19.1 Å². The summed E-state index contributed by atoms with van der Waals surface area (Å²) in [4.78, 5) is 12.2. The monoisotopic (exact) mass is 378 g/mol. The Balaban J connectivity index is 1.73. The molecule has 0 spiro atoms. The van der Waals surface area contributed by atoms with Gasteiger partial charge in [0.2, 0.25) is 10.0 Å². The molecule has 1 N–H and O–H groups in total. The Kier molecular flexibility index (Phi) is 5.62. The number of sulfonamides is 1. The minimum atomic E-state index is -3.13. The van der Waals surface area contributed by atoms with Crippen molar-refractivity contribution in [2.24, 2.45) is 5.92 Å². The SMILES string of the molecule is CCCS(=O)(=O)N1CCC(Cc2n[nH]c(=O)n2-c2ccccc2C)CC1. The third-order valence-electron chi connectivity index (χ3n) is 5.00. The average molecular weight is 378 g/mol. The zero-order chi connectivity index (χ0) is 18.7. The zero-order valence-electron chi connectivity index (χ0n) is 15.3. The zero-order valence-corrected chi connectivity index (χ0v) is 16.1. The molecule has 0 unspecified atom stereocenters. The third-order valence-corrected chi connectivity index (χ3v) is 7.07. The van der Waals surface area contributed by atoms with Crippen LogP contribution in [0.3, 0.4) is 0 Å². The minimum Gasteiger partial charge on any atom is -0.247 e. The summed E-state index contributed by atoms with van der Waals surface area (Å²) in [5, 5.41) is 6.77. The average Bonchev–Trinajstić information content (AvgIpc) is 2.96. The van der Waals surface area contributed by atoms with Crippen LogP contribution >= 0.6 is 0 Å². The lowest BCUT2D eigenvalue weighted by molar-refractivity contribution is 0.269. The van der Waals surface area contributed by atoms with Crippen LogP contribution in [0.4, 0.5) is 0 Å². The highest BCUT2D eigenvalue weighted by Crippen LogP contribution is 2.24. The molecule has 8 heteroatoms. The molecule has 0 radical (unpaired) electrons. The van der Waals surface area contributed by atoms with Crippen molar-refractivity contribution in [3.05, 3.63) is 46.1 Å². The predicted octanol–water partition coefficient (Wildman–Crippen LogP) is 1.86. The Hall–Kier alpha value is -1.93. The van der Waals surface area contributed by atoms with Crippen molar-refractivity contribution in [2.45, 2.75) is 39.5 Å². The molecule has 0 saturated carbocycles. The van der Waals surface area contributed by atoms with Gasteiger partial charge in [-0.1, -0.05) is 25.1 Å². The van der Waals surface area contributed by atoms with Gasteiger partial charge in [0.15, 0.2) is 0 Å². The van der Waals surface area contributed by atoms with Gasteiger partial charge in [-0.3, -0.25) is 0 Å². The van der Waals surface area contributed by atoms with E-state index < -0.39 is 10.0 Å². The predicted molar refractivity (Wildman–Crippen MR) is 101 cm³/mol. The first kappa shape index (κ1) is 18.8. The fourth-order valence-corrected chi connectivity index (χ4v) is 5.11. The molecule has 1 aliphatic heterocycles. The van der Waals surface area contributed by atoms with Gasteiger partial charge in [-0.15, -0.1) is 0 Å². The van der Waals surface area contributed by atoms with E-state index >= 15 is 0 Å². The van der Waals surface area contributed by atoms with Crippen LogP contribution in [0.15, 0.2) is 29.1 Å². The first-order valence-corrected chi connectivity index (χ1v) is 10.7. The summed E-state index contributed by atoms with van der Waals surface area (Å²) < 4.78 is 27.6. The number of rotatable bonds is 6. The summed E-state index contributed by atoms with van der Waals surface area (Å²) in [6, 6.07) is 7.73. The molecule has 7 nitrogen and oxygen atoms in total. The molecular formula is C18H26N4O3S. The topological polar surface area (TPSA) is 88.1 Å². The van der Waals surface area contributed by atoms with Gasteiger partial charge in [0.25, 0.3) is 0 Å². The van der Waals surface area contributed by atoms with Crippen molar-refractivity contribution in [3.63, 3.8) is 0 Å². The molecule has 26 heavy (non-hydrogen) atoms. The number of aromatic nitrogens is 3. The van der Waals surface area contributed by atoms with E-state index in [0.29, 0.717) is 37.7 Å². The maximum Gasteiger partial charge on any atom is 0.347 e. The van der Waals surface area contributed by atoms with Crippen LogP contribution in [-0.2, 0) is 16.4 Å². The summed E-state index contributed by atoms with van der Waals surface area (Å²) in [5.41, 5.74) is 1.61. The second kappa shape index (κ2) is 7.75. The van der Waals surface area contributed by atoms with Gasteiger partial charge in [0.05, 0.1) is 11.4 Å². The number of nitrogens with zero attached hydrogens (tertiary/aromatic N) is 3. The largest absolute Gasteiger partial charge is 0.347 e.